The number of nitrogens with one attached hydrogen (secondary N) is 1. The first-order chi connectivity index (χ1) is 14.9. The quantitative estimate of drug-likeness (QED) is 0.603. The van der Waals surface area contributed by atoms with Gasteiger partial charge in [0.25, 0.3) is 10.0 Å². The Morgan fingerprint density at radius 2 is 1.97 bits per heavy atom. The lowest BCUT2D eigenvalue weighted by atomic mass is 9.77. The molecule has 0 aliphatic heterocycles. The van der Waals surface area contributed by atoms with Gasteiger partial charge < -0.3 is 19.1 Å². The molecule has 2 aromatic carbocycles. The van der Waals surface area contributed by atoms with Crippen LogP contribution in [0.25, 0.3) is 11.3 Å². The molecule has 2 aliphatic carbocycles. The fourth-order valence-corrected chi connectivity index (χ4v) is 5.71. The third-order valence-corrected chi connectivity index (χ3v) is 7.50. The number of hydrogen-bond donors (Lipinski definition) is 2. The third-order valence-electron chi connectivity index (χ3n) is 6.12. The van der Waals surface area contributed by atoms with E-state index in [-0.39, 0.29) is 28.5 Å². The number of aliphatic hydroxyl groups is 1. The van der Waals surface area contributed by atoms with Crippen LogP contribution < -0.4 is 14.2 Å². The van der Waals surface area contributed by atoms with Gasteiger partial charge in [0.1, 0.15) is 16.4 Å². The van der Waals surface area contributed by atoms with Gasteiger partial charge in [-0.15, -0.1) is 0 Å². The number of methoxy groups -OCH3 is 2. The lowest BCUT2D eigenvalue weighted by molar-refractivity contribution is 0.278. The molecule has 31 heavy (non-hydrogen) atoms. The van der Waals surface area contributed by atoms with Gasteiger partial charge in [0.15, 0.2) is 11.6 Å². The van der Waals surface area contributed by atoms with Crippen molar-refractivity contribution in [3.63, 3.8) is 0 Å². The number of sulfonamides is 1. The molecule has 1 fully saturated rings. The summed E-state index contributed by atoms with van der Waals surface area (Å²) >= 11 is 0. The summed E-state index contributed by atoms with van der Waals surface area (Å²) in [5.74, 6) is 1.51. The highest BCUT2D eigenvalue weighted by Gasteiger charge is 2.52. The maximum Gasteiger partial charge on any atom is 0.266 e. The Labute approximate surface area is 179 Å². The van der Waals surface area contributed by atoms with Gasteiger partial charge in [-0.2, -0.15) is 0 Å². The summed E-state index contributed by atoms with van der Waals surface area (Å²) in [6.07, 6.45) is 2.48. The standard InChI is InChI=1S/C22H22N2O6S/c1-28-14-9-13(12-25)19-15(10-14)20-16(11-22(19)7-8-22)21(23-30-20)24-31(26,27)18-6-4-3-5-17(18)29-2/h3-6,9-10,25H,7-8,11-12H2,1-2H3,(H,23,24). The first kappa shape index (κ1) is 19.9. The maximum atomic E-state index is 13.1. The van der Waals surface area contributed by atoms with E-state index in [1.807, 2.05) is 12.1 Å². The average molecular weight is 442 g/mol. The molecule has 1 heterocycles. The smallest absolute Gasteiger partial charge is 0.266 e. The molecule has 9 heteroatoms. The lowest BCUT2D eigenvalue weighted by Gasteiger charge is -2.27. The van der Waals surface area contributed by atoms with Crippen LogP contribution in [0.1, 0.15) is 29.5 Å². The van der Waals surface area contributed by atoms with Crippen LogP contribution in [0, 0.1) is 0 Å². The number of rotatable bonds is 6. The van der Waals surface area contributed by atoms with E-state index in [4.69, 9.17) is 14.0 Å². The molecule has 1 saturated carbocycles. The predicted octanol–water partition coefficient (Wildman–Crippen LogP) is 3.24. The molecule has 0 unspecified atom stereocenters. The van der Waals surface area contributed by atoms with E-state index in [0.29, 0.717) is 23.5 Å². The van der Waals surface area contributed by atoms with Crippen molar-refractivity contribution < 1.29 is 27.5 Å². The third kappa shape index (κ3) is 3.07. The van der Waals surface area contributed by atoms with Crippen molar-refractivity contribution in [3.8, 4) is 22.8 Å². The lowest BCUT2D eigenvalue weighted by Crippen LogP contribution is -2.21. The second kappa shape index (κ2) is 7.00. The fourth-order valence-electron chi connectivity index (χ4n) is 4.51. The first-order valence-electron chi connectivity index (χ1n) is 9.89. The molecule has 0 bridgehead atoms. The Kier molecular flexibility index (Phi) is 4.49. The number of ether oxygens (including phenoxy) is 2. The fraction of sp³-hybridized carbons (Fsp3) is 0.318. The molecule has 1 aromatic heterocycles. The van der Waals surface area contributed by atoms with Crippen LogP contribution in [-0.4, -0.2) is 32.9 Å². The normalized spacial score (nSPS) is 15.8. The number of aliphatic hydroxyl groups excluding tert-OH is 1. The predicted molar refractivity (Wildman–Crippen MR) is 113 cm³/mol. The van der Waals surface area contributed by atoms with E-state index in [9.17, 15) is 13.5 Å². The van der Waals surface area contributed by atoms with E-state index < -0.39 is 10.0 Å². The van der Waals surface area contributed by atoms with Gasteiger partial charge in [-0.05, 0) is 54.7 Å². The number of anilines is 1. The summed E-state index contributed by atoms with van der Waals surface area (Å²) in [7, 11) is -0.956. The van der Waals surface area contributed by atoms with Crippen LogP contribution in [0.5, 0.6) is 11.5 Å². The molecule has 8 nitrogen and oxygen atoms in total. The highest BCUT2D eigenvalue weighted by molar-refractivity contribution is 7.92. The average Bonchev–Trinajstić information content (AvgIpc) is 3.45. The summed E-state index contributed by atoms with van der Waals surface area (Å²) in [5, 5.41) is 14.0. The van der Waals surface area contributed by atoms with Crippen molar-refractivity contribution in [3.05, 3.63) is 53.1 Å². The van der Waals surface area contributed by atoms with Crippen molar-refractivity contribution in [2.75, 3.05) is 18.9 Å². The molecule has 0 saturated heterocycles. The molecule has 0 radical (unpaired) electrons. The van der Waals surface area contributed by atoms with Crippen molar-refractivity contribution >= 4 is 15.8 Å². The van der Waals surface area contributed by atoms with E-state index in [0.717, 1.165) is 29.5 Å². The van der Waals surface area contributed by atoms with Crippen molar-refractivity contribution in [2.45, 2.75) is 36.2 Å². The molecule has 5 rings (SSSR count). The minimum absolute atomic E-state index is 0.0239. The van der Waals surface area contributed by atoms with E-state index in [1.165, 1.54) is 13.2 Å². The van der Waals surface area contributed by atoms with Crippen molar-refractivity contribution in [2.24, 2.45) is 0 Å². The monoisotopic (exact) mass is 442 g/mol. The second-order valence-electron chi connectivity index (χ2n) is 7.92. The largest absolute Gasteiger partial charge is 0.497 e. The summed E-state index contributed by atoms with van der Waals surface area (Å²) in [4.78, 5) is 0.0239. The minimum Gasteiger partial charge on any atom is -0.497 e. The Balaban J connectivity index is 1.61. The number of fused-ring (bicyclic) bond motifs is 4. The zero-order valence-corrected chi connectivity index (χ0v) is 18.0. The summed E-state index contributed by atoms with van der Waals surface area (Å²) < 4.78 is 44.9. The van der Waals surface area contributed by atoms with Gasteiger partial charge in [-0.3, -0.25) is 4.72 Å². The summed E-state index contributed by atoms with van der Waals surface area (Å²) in [6, 6.07) is 10.1. The number of hydrogen-bond acceptors (Lipinski definition) is 7. The summed E-state index contributed by atoms with van der Waals surface area (Å²) in [6.45, 7) is -0.113. The number of para-hydroxylation sites is 1. The molecule has 2 aliphatic rings. The van der Waals surface area contributed by atoms with Crippen molar-refractivity contribution in [1.29, 1.82) is 0 Å². The van der Waals surface area contributed by atoms with Gasteiger partial charge in [-0.1, -0.05) is 17.3 Å². The van der Waals surface area contributed by atoms with Crippen LogP contribution in [0.4, 0.5) is 5.82 Å². The minimum atomic E-state index is -3.94. The Hall–Kier alpha value is -3.04. The Bertz CT molecular complexity index is 1280. The van der Waals surface area contributed by atoms with E-state index in [1.54, 1.807) is 25.3 Å². The Morgan fingerprint density at radius 1 is 1.19 bits per heavy atom. The first-order valence-corrected chi connectivity index (χ1v) is 11.4. The SMILES string of the molecule is COc1cc(CO)c2c(c1)-c1onc(NS(=O)(=O)c3ccccc3OC)c1CC21CC1. The molecule has 0 amide bonds. The van der Waals surface area contributed by atoms with Gasteiger partial charge >= 0.3 is 0 Å². The number of nitrogens with zero attached hydrogens (tertiary/aromatic N) is 1. The van der Waals surface area contributed by atoms with Crippen LogP contribution in [0.3, 0.4) is 0 Å². The number of aromatic nitrogens is 1. The molecule has 2 N–H and O–H groups in total. The molecular formula is C22H22N2O6S. The van der Waals surface area contributed by atoms with Crippen LogP contribution in [0.15, 0.2) is 45.8 Å². The van der Waals surface area contributed by atoms with E-state index >= 15 is 0 Å². The zero-order valence-electron chi connectivity index (χ0n) is 17.1. The van der Waals surface area contributed by atoms with Gasteiger partial charge in [0.05, 0.1) is 20.8 Å². The van der Waals surface area contributed by atoms with Gasteiger partial charge in [0.2, 0.25) is 0 Å². The topological polar surface area (TPSA) is 111 Å². The zero-order chi connectivity index (χ0) is 21.8. The Morgan fingerprint density at radius 3 is 2.65 bits per heavy atom. The summed E-state index contributed by atoms with van der Waals surface area (Å²) in [5.41, 5.74) is 3.18. The maximum absolute atomic E-state index is 13.1. The highest BCUT2D eigenvalue weighted by Crippen LogP contribution is 2.60. The highest BCUT2D eigenvalue weighted by atomic mass is 32.2. The number of benzene rings is 2. The van der Waals surface area contributed by atoms with Gasteiger partial charge in [0, 0.05) is 16.5 Å². The van der Waals surface area contributed by atoms with E-state index in [2.05, 4.69) is 9.88 Å². The van der Waals surface area contributed by atoms with Crippen LogP contribution >= 0.6 is 0 Å². The second-order valence-corrected chi connectivity index (χ2v) is 9.57. The van der Waals surface area contributed by atoms with Crippen molar-refractivity contribution in [1.82, 2.24) is 5.16 Å². The van der Waals surface area contributed by atoms with Gasteiger partial charge in [-0.25, -0.2) is 8.42 Å². The molecule has 0 atom stereocenters. The van der Waals surface area contributed by atoms with Crippen LogP contribution in [-0.2, 0) is 28.5 Å². The molecule has 162 valence electrons. The molecule has 1 spiro atoms. The van der Waals surface area contributed by atoms with Crippen LogP contribution in [0.2, 0.25) is 0 Å². The molecular weight excluding hydrogens is 420 g/mol. The molecule has 3 aromatic rings.